The predicted octanol–water partition coefficient (Wildman–Crippen LogP) is 7.79. The lowest BCUT2D eigenvalue weighted by atomic mass is 9.86. The molecule has 2 aromatic rings. The average molecular weight is 654 g/mol. The van der Waals surface area contributed by atoms with Crippen molar-refractivity contribution >= 4 is 29.1 Å². The Morgan fingerprint density at radius 1 is 0.826 bits per heavy atom. The number of nitrogens with one attached hydrogen (secondary N) is 2. The summed E-state index contributed by atoms with van der Waals surface area (Å²) in [5, 5.41) is 7.89. The highest BCUT2D eigenvalue weighted by atomic mass is 32.1. The van der Waals surface area contributed by atoms with Crippen LogP contribution in [0.25, 0.3) is 0 Å². The molecule has 2 N–H and O–H groups in total. The van der Waals surface area contributed by atoms with Gasteiger partial charge >= 0.3 is 5.97 Å². The number of hydrogen-bond acceptors (Lipinski definition) is 6. The molecular weight excluding hydrogens is 595 g/mol. The van der Waals surface area contributed by atoms with Gasteiger partial charge in [-0.1, -0.05) is 76.5 Å². The van der Waals surface area contributed by atoms with E-state index >= 15 is 0 Å². The van der Waals surface area contributed by atoms with Crippen LogP contribution in [-0.2, 0) is 33.6 Å². The number of rotatable bonds is 24. The fourth-order valence-electron chi connectivity index (χ4n) is 6.47. The maximum absolute atomic E-state index is 12.6. The summed E-state index contributed by atoms with van der Waals surface area (Å²) < 4.78 is 5.81. The van der Waals surface area contributed by atoms with Crippen molar-refractivity contribution < 1.29 is 19.1 Å². The number of nitrogens with zero attached hydrogens (tertiary/aromatic N) is 1. The molecule has 256 valence electrons. The van der Waals surface area contributed by atoms with Gasteiger partial charge in [0.05, 0.1) is 6.42 Å². The standard InChI is InChI=1S/C38H59N3O4S/c1-3-27-41(28-25-33-18-16-29-46-33)32-22-23-34-31(30-32)17-15-19-35(34)45-38(44)24-26-40-37(43)21-14-12-10-8-6-5-7-9-11-13-20-36(42)39-4-2/h15-19,29,32H,3-14,20-28,30H2,1-2H3,(H,39,42)(H,40,43)/t32-/m1/s1. The van der Waals surface area contributed by atoms with E-state index in [1.165, 1.54) is 48.1 Å². The Morgan fingerprint density at radius 3 is 2.13 bits per heavy atom. The lowest BCUT2D eigenvalue weighted by Crippen LogP contribution is -2.41. The number of fused-ring (bicyclic) bond motifs is 1. The van der Waals surface area contributed by atoms with Gasteiger partial charge in [0.2, 0.25) is 11.8 Å². The smallest absolute Gasteiger partial charge is 0.312 e. The minimum absolute atomic E-state index is 0.0132. The lowest BCUT2D eigenvalue weighted by Gasteiger charge is -2.35. The third-order valence-corrected chi connectivity index (χ3v) is 9.91. The minimum Gasteiger partial charge on any atom is -0.426 e. The number of benzene rings is 1. The molecule has 0 saturated heterocycles. The molecule has 0 fully saturated rings. The molecule has 1 aromatic heterocycles. The maximum atomic E-state index is 12.6. The first kappa shape index (κ1) is 37.7. The van der Waals surface area contributed by atoms with Crippen LogP contribution < -0.4 is 15.4 Å². The predicted molar refractivity (Wildman–Crippen MR) is 189 cm³/mol. The van der Waals surface area contributed by atoms with E-state index in [-0.39, 0.29) is 24.2 Å². The maximum Gasteiger partial charge on any atom is 0.312 e. The van der Waals surface area contributed by atoms with E-state index in [4.69, 9.17) is 4.74 Å². The second-order valence-electron chi connectivity index (χ2n) is 12.7. The van der Waals surface area contributed by atoms with Crippen molar-refractivity contribution in [3.8, 4) is 5.75 Å². The molecule has 1 aliphatic carbocycles. The van der Waals surface area contributed by atoms with Crippen LogP contribution in [0.2, 0.25) is 0 Å². The SMILES string of the molecule is CCCN(CCc1cccs1)[C@@H]1CCc2c(cccc2OC(=O)CCNC(=O)CCCCCCCCCCCCC(=O)NCC)C1. The third-order valence-electron chi connectivity index (χ3n) is 8.97. The molecule has 1 aliphatic rings. The first-order valence-corrected chi connectivity index (χ1v) is 19.0. The van der Waals surface area contributed by atoms with Gasteiger partial charge < -0.3 is 15.4 Å². The van der Waals surface area contributed by atoms with Crippen LogP contribution in [0.5, 0.6) is 5.75 Å². The molecule has 7 nitrogen and oxygen atoms in total. The highest BCUT2D eigenvalue weighted by Gasteiger charge is 2.26. The highest BCUT2D eigenvalue weighted by molar-refractivity contribution is 7.09. The van der Waals surface area contributed by atoms with Crippen LogP contribution in [0.4, 0.5) is 0 Å². The van der Waals surface area contributed by atoms with Crippen molar-refractivity contribution in [3.63, 3.8) is 0 Å². The van der Waals surface area contributed by atoms with Crippen molar-refractivity contribution in [1.29, 1.82) is 0 Å². The zero-order valence-corrected chi connectivity index (χ0v) is 29.4. The van der Waals surface area contributed by atoms with Crippen LogP contribution in [-0.4, -0.2) is 54.9 Å². The third kappa shape index (κ3) is 14.8. The summed E-state index contributed by atoms with van der Waals surface area (Å²) in [6.07, 6.45) is 17.9. The number of hydrogen-bond donors (Lipinski definition) is 2. The fraction of sp³-hybridized carbons (Fsp3) is 0.658. The van der Waals surface area contributed by atoms with Gasteiger partial charge in [0.15, 0.2) is 0 Å². The topological polar surface area (TPSA) is 87.7 Å². The molecule has 2 amide bonds. The molecule has 0 saturated carbocycles. The number of carbonyl (C=O) groups excluding carboxylic acids is 3. The number of amides is 2. The number of carbonyl (C=O) groups is 3. The quantitative estimate of drug-likeness (QED) is 0.0686. The lowest BCUT2D eigenvalue weighted by molar-refractivity contribution is -0.134. The first-order valence-electron chi connectivity index (χ1n) is 18.1. The molecule has 0 bridgehead atoms. The van der Waals surface area contributed by atoms with E-state index in [2.05, 4.69) is 46.0 Å². The average Bonchev–Trinajstić information content (AvgIpc) is 3.57. The van der Waals surface area contributed by atoms with Gasteiger partial charge in [-0.25, -0.2) is 0 Å². The van der Waals surface area contributed by atoms with Crippen LogP contribution in [0, 0.1) is 0 Å². The van der Waals surface area contributed by atoms with Crippen molar-refractivity contribution in [1.82, 2.24) is 15.5 Å². The van der Waals surface area contributed by atoms with E-state index in [0.717, 1.165) is 77.3 Å². The largest absolute Gasteiger partial charge is 0.426 e. The number of thiophene rings is 1. The first-order chi connectivity index (χ1) is 22.5. The van der Waals surface area contributed by atoms with E-state index in [9.17, 15) is 14.4 Å². The van der Waals surface area contributed by atoms with Crippen molar-refractivity contribution in [2.24, 2.45) is 0 Å². The van der Waals surface area contributed by atoms with Gasteiger partial charge in [0, 0.05) is 43.4 Å². The molecule has 1 aromatic carbocycles. The van der Waals surface area contributed by atoms with Gasteiger partial charge in [-0.05, 0) is 87.1 Å². The summed E-state index contributed by atoms with van der Waals surface area (Å²) in [7, 11) is 0. The molecule has 1 atom stereocenters. The number of unbranched alkanes of at least 4 members (excludes halogenated alkanes) is 9. The summed E-state index contributed by atoms with van der Waals surface area (Å²) in [5.41, 5.74) is 2.45. The monoisotopic (exact) mass is 653 g/mol. The fourth-order valence-corrected chi connectivity index (χ4v) is 7.17. The van der Waals surface area contributed by atoms with Crippen LogP contribution in [0.15, 0.2) is 35.7 Å². The van der Waals surface area contributed by atoms with E-state index in [0.29, 0.717) is 37.7 Å². The van der Waals surface area contributed by atoms with Crippen LogP contribution in [0.3, 0.4) is 0 Å². The van der Waals surface area contributed by atoms with Gasteiger partial charge in [-0.2, -0.15) is 0 Å². The molecule has 0 radical (unpaired) electrons. The van der Waals surface area contributed by atoms with Gasteiger partial charge in [-0.15, -0.1) is 11.3 Å². The summed E-state index contributed by atoms with van der Waals surface area (Å²) >= 11 is 1.84. The molecule has 46 heavy (non-hydrogen) atoms. The van der Waals surface area contributed by atoms with Crippen LogP contribution in [0.1, 0.15) is 126 Å². The summed E-state index contributed by atoms with van der Waals surface area (Å²) in [5.74, 6) is 0.577. The zero-order valence-electron chi connectivity index (χ0n) is 28.6. The summed E-state index contributed by atoms with van der Waals surface area (Å²) in [6.45, 7) is 7.42. The van der Waals surface area contributed by atoms with E-state index < -0.39 is 0 Å². The normalized spacial score (nSPS) is 14.2. The Morgan fingerprint density at radius 2 is 1.50 bits per heavy atom. The Kier molecular flexibility index (Phi) is 18.7. The van der Waals surface area contributed by atoms with Gasteiger partial charge in [0.1, 0.15) is 5.75 Å². The Labute approximate surface area is 282 Å². The summed E-state index contributed by atoms with van der Waals surface area (Å²) in [6, 6.07) is 11.0. The summed E-state index contributed by atoms with van der Waals surface area (Å²) in [4.78, 5) is 40.4. The number of ether oxygens (including phenoxy) is 1. The number of esters is 1. The van der Waals surface area contributed by atoms with Crippen molar-refractivity contribution in [2.45, 2.75) is 135 Å². The molecule has 3 rings (SSSR count). The van der Waals surface area contributed by atoms with Crippen molar-refractivity contribution in [2.75, 3.05) is 26.2 Å². The van der Waals surface area contributed by atoms with Gasteiger partial charge in [-0.3, -0.25) is 19.3 Å². The Bertz CT molecular complexity index is 1150. The van der Waals surface area contributed by atoms with Gasteiger partial charge in [0.25, 0.3) is 0 Å². The Balaban J connectivity index is 1.23. The van der Waals surface area contributed by atoms with E-state index in [1.807, 2.05) is 30.4 Å². The molecule has 0 unspecified atom stereocenters. The second kappa shape index (κ2) is 22.8. The molecule has 0 spiro atoms. The minimum atomic E-state index is -0.290. The highest BCUT2D eigenvalue weighted by Crippen LogP contribution is 2.32. The molecule has 0 aliphatic heterocycles. The molecule has 1 heterocycles. The molecule has 8 heteroatoms. The zero-order chi connectivity index (χ0) is 32.8. The van der Waals surface area contributed by atoms with Crippen molar-refractivity contribution in [3.05, 3.63) is 51.7 Å². The second-order valence-corrected chi connectivity index (χ2v) is 13.8. The molecular formula is C38H59N3O4S. The Hall–Kier alpha value is -2.71. The van der Waals surface area contributed by atoms with E-state index in [1.54, 1.807) is 0 Å². The van der Waals surface area contributed by atoms with Crippen LogP contribution >= 0.6 is 11.3 Å².